The van der Waals surface area contributed by atoms with Crippen LogP contribution < -0.4 is 4.74 Å². The second-order valence-corrected chi connectivity index (χ2v) is 3.80. The van der Waals surface area contributed by atoms with Gasteiger partial charge >= 0.3 is 5.97 Å². The van der Waals surface area contributed by atoms with E-state index in [0.717, 1.165) is 25.8 Å². The van der Waals surface area contributed by atoms with Crippen LogP contribution in [0.1, 0.15) is 33.1 Å². The van der Waals surface area contributed by atoms with Gasteiger partial charge in [-0.2, -0.15) is 5.10 Å². The summed E-state index contributed by atoms with van der Waals surface area (Å²) in [5.41, 5.74) is 0. The minimum Gasteiger partial charge on any atom is -0.479 e. The van der Waals surface area contributed by atoms with Crippen molar-refractivity contribution in [3.8, 4) is 5.75 Å². The Kier molecular flexibility index (Phi) is 6.14. The first-order valence-corrected chi connectivity index (χ1v) is 6.07. The molecule has 0 unspecified atom stereocenters. The largest absolute Gasteiger partial charge is 0.479 e. The standard InChI is InChI=1S/C12H20N2O3/c1-3-5-7-16-12(15)10-17-11-8-13-14(9-11)6-4-2/h8-9H,3-7,10H2,1-2H3. The van der Waals surface area contributed by atoms with Crippen molar-refractivity contribution < 1.29 is 14.3 Å². The van der Waals surface area contributed by atoms with Gasteiger partial charge in [0.25, 0.3) is 0 Å². The van der Waals surface area contributed by atoms with Gasteiger partial charge in [-0.3, -0.25) is 4.68 Å². The monoisotopic (exact) mass is 240 g/mol. The molecule has 1 rings (SSSR count). The van der Waals surface area contributed by atoms with Gasteiger partial charge in [-0.05, 0) is 12.8 Å². The van der Waals surface area contributed by atoms with Crippen LogP contribution in [0.2, 0.25) is 0 Å². The molecular weight excluding hydrogens is 220 g/mol. The number of aromatic nitrogens is 2. The molecule has 0 radical (unpaired) electrons. The lowest BCUT2D eigenvalue weighted by Gasteiger charge is -2.04. The lowest BCUT2D eigenvalue weighted by atomic mass is 10.4. The van der Waals surface area contributed by atoms with Gasteiger partial charge in [-0.15, -0.1) is 0 Å². The number of rotatable bonds is 8. The molecule has 0 bridgehead atoms. The Morgan fingerprint density at radius 1 is 1.41 bits per heavy atom. The maximum atomic E-state index is 11.2. The molecule has 0 aliphatic carbocycles. The zero-order chi connectivity index (χ0) is 12.5. The molecule has 0 aliphatic rings. The molecule has 5 nitrogen and oxygen atoms in total. The molecule has 0 amide bonds. The molecule has 0 N–H and O–H groups in total. The van der Waals surface area contributed by atoms with Crippen LogP contribution in [0.5, 0.6) is 5.75 Å². The third-order valence-corrected chi connectivity index (χ3v) is 2.18. The fourth-order valence-corrected chi connectivity index (χ4v) is 1.28. The van der Waals surface area contributed by atoms with E-state index in [-0.39, 0.29) is 12.6 Å². The highest BCUT2D eigenvalue weighted by atomic mass is 16.6. The highest BCUT2D eigenvalue weighted by Gasteiger charge is 2.05. The van der Waals surface area contributed by atoms with Gasteiger partial charge in [0.2, 0.25) is 0 Å². The molecule has 0 atom stereocenters. The summed E-state index contributed by atoms with van der Waals surface area (Å²) in [6.45, 7) is 5.39. The van der Waals surface area contributed by atoms with Crippen LogP contribution in [0.25, 0.3) is 0 Å². The summed E-state index contributed by atoms with van der Waals surface area (Å²) in [5, 5.41) is 4.10. The quantitative estimate of drug-likeness (QED) is 0.515. The third-order valence-electron chi connectivity index (χ3n) is 2.18. The second kappa shape index (κ2) is 7.70. The predicted molar refractivity (Wildman–Crippen MR) is 63.9 cm³/mol. The summed E-state index contributed by atoms with van der Waals surface area (Å²) in [4.78, 5) is 11.2. The van der Waals surface area contributed by atoms with Gasteiger partial charge in [-0.1, -0.05) is 20.3 Å². The van der Waals surface area contributed by atoms with Crippen LogP contribution >= 0.6 is 0 Å². The van der Waals surface area contributed by atoms with Crippen molar-refractivity contribution in [2.24, 2.45) is 0 Å². The number of ether oxygens (including phenoxy) is 2. The Hall–Kier alpha value is -1.52. The first kappa shape index (κ1) is 13.5. The summed E-state index contributed by atoms with van der Waals surface area (Å²) in [6.07, 6.45) is 6.30. The minimum absolute atomic E-state index is 0.0540. The Balaban J connectivity index is 2.22. The third kappa shape index (κ3) is 5.38. The molecular formula is C12H20N2O3. The van der Waals surface area contributed by atoms with E-state index in [1.165, 1.54) is 0 Å². The van der Waals surface area contributed by atoms with Crippen LogP contribution in [0.4, 0.5) is 0 Å². The molecule has 17 heavy (non-hydrogen) atoms. The van der Waals surface area contributed by atoms with Crippen molar-refractivity contribution in [3.63, 3.8) is 0 Å². The Morgan fingerprint density at radius 3 is 2.94 bits per heavy atom. The highest BCUT2D eigenvalue weighted by molar-refractivity contribution is 5.71. The summed E-state index contributed by atoms with van der Waals surface area (Å²) in [6, 6.07) is 0. The average molecular weight is 240 g/mol. The van der Waals surface area contributed by atoms with Crippen LogP contribution in [0.15, 0.2) is 12.4 Å². The average Bonchev–Trinajstić information content (AvgIpc) is 2.75. The number of hydrogen-bond donors (Lipinski definition) is 0. The van der Waals surface area contributed by atoms with Crippen molar-refractivity contribution in [2.45, 2.75) is 39.7 Å². The normalized spacial score (nSPS) is 10.2. The molecule has 1 heterocycles. The van der Waals surface area contributed by atoms with E-state index < -0.39 is 0 Å². The summed E-state index contributed by atoms with van der Waals surface area (Å²) < 4.78 is 12.0. The van der Waals surface area contributed by atoms with Crippen molar-refractivity contribution in [2.75, 3.05) is 13.2 Å². The van der Waals surface area contributed by atoms with Gasteiger partial charge in [-0.25, -0.2) is 4.79 Å². The topological polar surface area (TPSA) is 53.4 Å². The molecule has 1 aromatic rings. The molecule has 0 aliphatic heterocycles. The Labute approximate surface area is 102 Å². The zero-order valence-electron chi connectivity index (χ0n) is 10.5. The summed E-state index contributed by atoms with van der Waals surface area (Å²) in [7, 11) is 0. The van der Waals surface area contributed by atoms with Crippen molar-refractivity contribution in [1.82, 2.24) is 9.78 Å². The number of hydrogen-bond acceptors (Lipinski definition) is 4. The number of carbonyl (C=O) groups is 1. The highest BCUT2D eigenvalue weighted by Crippen LogP contribution is 2.08. The predicted octanol–water partition coefficient (Wildman–Crippen LogP) is 2.02. The van der Waals surface area contributed by atoms with Gasteiger partial charge in [0.15, 0.2) is 12.4 Å². The molecule has 96 valence electrons. The molecule has 0 fully saturated rings. The van der Waals surface area contributed by atoms with Crippen molar-refractivity contribution >= 4 is 5.97 Å². The Morgan fingerprint density at radius 2 is 2.24 bits per heavy atom. The fraction of sp³-hybridized carbons (Fsp3) is 0.667. The van der Waals surface area contributed by atoms with E-state index in [0.29, 0.717) is 12.4 Å². The van der Waals surface area contributed by atoms with Gasteiger partial charge in [0.1, 0.15) is 0 Å². The van der Waals surface area contributed by atoms with Crippen LogP contribution in [0, 0.1) is 0 Å². The fourth-order valence-electron chi connectivity index (χ4n) is 1.28. The van der Waals surface area contributed by atoms with E-state index in [1.807, 2.05) is 6.92 Å². The van der Waals surface area contributed by atoms with Crippen LogP contribution in [-0.2, 0) is 16.1 Å². The number of esters is 1. The lowest BCUT2D eigenvalue weighted by Crippen LogP contribution is -2.15. The van der Waals surface area contributed by atoms with E-state index in [9.17, 15) is 4.79 Å². The first-order valence-electron chi connectivity index (χ1n) is 6.07. The molecule has 1 aromatic heterocycles. The van der Waals surface area contributed by atoms with Crippen molar-refractivity contribution in [1.29, 1.82) is 0 Å². The van der Waals surface area contributed by atoms with Gasteiger partial charge in [0.05, 0.1) is 19.0 Å². The van der Waals surface area contributed by atoms with E-state index in [4.69, 9.17) is 9.47 Å². The molecule has 0 aromatic carbocycles. The minimum atomic E-state index is -0.332. The maximum absolute atomic E-state index is 11.2. The Bertz CT molecular complexity index is 336. The number of carbonyl (C=O) groups excluding carboxylic acids is 1. The van der Waals surface area contributed by atoms with E-state index in [1.54, 1.807) is 17.1 Å². The van der Waals surface area contributed by atoms with Gasteiger partial charge < -0.3 is 9.47 Å². The maximum Gasteiger partial charge on any atom is 0.344 e. The molecule has 0 saturated carbocycles. The van der Waals surface area contributed by atoms with Gasteiger partial charge in [0, 0.05) is 6.54 Å². The lowest BCUT2D eigenvalue weighted by molar-refractivity contribution is -0.146. The SMILES string of the molecule is CCCCOC(=O)COc1cnn(CCC)c1. The molecule has 5 heteroatoms. The smallest absolute Gasteiger partial charge is 0.344 e. The second-order valence-electron chi connectivity index (χ2n) is 3.80. The summed E-state index contributed by atoms with van der Waals surface area (Å²) in [5.74, 6) is 0.271. The number of unbranched alkanes of at least 4 members (excludes halogenated alkanes) is 1. The zero-order valence-corrected chi connectivity index (χ0v) is 10.5. The van der Waals surface area contributed by atoms with Crippen LogP contribution in [-0.4, -0.2) is 29.0 Å². The first-order chi connectivity index (χ1) is 8.26. The van der Waals surface area contributed by atoms with Crippen molar-refractivity contribution in [3.05, 3.63) is 12.4 Å². The number of aryl methyl sites for hydroxylation is 1. The molecule has 0 spiro atoms. The summed E-state index contributed by atoms with van der Waals surface area (Å²) >= 11 is 0. The van der Waals surface area contributed by atoms with E-state index in [2.05, 4.69) is 12.0 Å². The van der Waals surface area contributed by atoms with E-state index >= 15 is 0 Å². The number of nitrogens with zero attached hydrogens (tertiary/aromatic N) is 2. The molecule has 0 saturated heterocycles. The van der Waals surface area contributed by atoms with Crippen LogP contribution in [0.3, 0.4) is 0 Å².